The zero-order chi connectivity index (χ0) is 23.4. The van der Waals surface area contributed by atoms with Crippen LogP contribution in [0.2, 0.25) is 25.1 Å². The molecule has 32 heavy (non-hydrogen) atoms. The predicted molar refractivity (Wildman–Crippen MR) is 132 cm³/mol. The molecule has 0 aliphatic carbocycles. The van der Waals surface area contributed by atoms with Crippen molar-refractivity contribution in [1.29, 1.82) is 0 Å². The van der Waals surface area contributed by atoms with Gasteiger partial charge in [-0.15, -0.1) is 0 Å². The zero-order valence-corrected chi connectivity index (χ0v) is 20.6. The highest BCUT2D eigenvalue weighted by molar-refractivity contribution is 7.90. The van der Waals surface area contributed by atoms with Crippen molar-refractivity contribution in [2.75, 3.05) is 6.26 Å². The van der Waals surface area contributed by atoms with Gasteiger partial charge in [-0.2, -0.15) is 0 Å². The molecule has 3 aromatic carbocycles. The van der Waals surface area contributed by atoms with Gasteiger partial charge in [0.25, 0.3) is 0 Å². The number of fused-ring (bicyclic) bond motifs is 1. The summed E-state index contributed by atoms with van der Waals surface area (Å²) in [6.07, 6.45) is 1.10. The third kappa shape index (κ3) is 3.92. The fourth-order valence-corrected chi connectivity index (χ4v) is 5.21. The Kier molecular flexibility index (Phi) is 6.27. The summed E-state index contributed by atoms with van der Waals surface area (Å²) in [7, 11) is -3.42. The molecular formula is C22H11Cl5O4S. The molecule has 0 N–H and O–H groups in total. The summed E-state index contributed by atoms with van der Waals surface area (Å²) in [5, 5.41) is -0.0257. The summed E-state index contributed by atoms with van der Waals surface area (Å²) in [4.78, 5) is 13.7. The first-order valence-corrected chi connectivity index (χ1v) is 12.7. The molecule has 10 heteroatoms. The minimum Gasteiger partial charge on any atom is -0.455 e. The van der Waals surface area contributed by atoms with E-state index in [9.17, 15) is 13.2 Å². The molecule has 0 unspecified atom stereocenters. The highest BCUT2D eigenvalue weighted by atomic mass is 35.5. The van der Waals surface area contributed by atoms with Crippen molar-refractivity contribution >= 4 is 78.8 Å². The molecule has 0 fully saturated rings. The Hall–Kier alpha value is -1.73. The maximum absolute atomic E-state index is 13.6. The lowest BCUT2D eigenvalue weighted by Crippen LogP contribution is -2.08. The first kappa shape index (κ1) is 23.4. The largest absolute Gasteiger partial charge is 0.455 e. The van der Waals surface area contributed by atoms with E-state index in [4.69, 9.17) is 62.4 Å². The summed E-state index contributed by atoms with van der Waals surface area (Å²) in [6, 6.07) is 12.5. The van der Waals surface area contributed by atoms with Gasteiger partial charge in [0.1, 0.15) is 11.3 Å². The number of hydrogen-bond acceptors (Lipinski definition) is 4. The number of rotatable bonds is 3. The monoisotopic (exact) mass is 546 g/mol. The van der Waals surface area contributed by atoms with Gasteiger partial charge in [0.05, 0.1) is 41.0 Å². The van der Waals surface area contributed by atoms with E-state index in [0.29, 0.717) is 11.1 Å². The van der Waals surface area contributed by atoms with Crippen LogP contribution in [0.3, 0.4) is 0 Å². The highest BCUT2D eigenvalue weighted by Crippen LogP contribution is 2.49. The quantitative estimate of drug-likeness (QED) is 0.194. The van der Waals surface area contributed by atoms with Crippen LogP contribution in [0.5, 0.6) is 0 Å². The summed E-state index contributed by atoms with van der Waals surface area (Å²) in [5.74, 6) is 0.118. The fourth-order valence-electron chi connectivity index (χ4n) is 3.25. The van der Waals surface area contributed by atoms with Gasteiger partial charge in [-0.1, -0.05) is 70.1 Å². The topological polar surface area (TPSA) is 64.3 Å². The van der Waals surface area contributed by atoms with Crippen LogP contribution in [0.15, 0.2) is 62.6 Å². The van der Waals surface area contributed by atoms with Crippen molar-refractivity contribution in [2.45, 2.75) is 4.90 Å². The molecule has 1 heterocycles. The van der Waals surface area contributed by atoms with E-state index >= 15 is 0 Å². The summed E-state index contributed by atoms with van der Waals surface area (Å²) in [6.45, 7) is 0. The van der Waals surface area contributed by atoms with E-state index in [-0.39, 0.29) is 52.3 Å². The standard InChI is InChI=1S/C22H11Cl5O4S/c1-32(29,30)11-8-6-10(7-9-11)22-15(21(28)12-4-2-3-5-13(12)31-22)14-16(23)18(25)20(27)19(26)17(14)24/h2-9H,1H3. The third-order valence-corrected chi connectivity index (χ3v) is 8.21. The first-order valence-electron chi connectivity index (χ1n) is 8.90. The number of benzene rings is 3. The van der Waals surface area contributed by atoms with E-state index in [1.54, 1.807) is 24.3 Å². The molecule has 4 nitrogen and oxygen atoms in total. The van der Waals surface area contributed by atoms with Gasteiger partial charge in [0, 0.05) is 17.4 Å². The maximum atomic E-state index is 13.6. The van der Waals surface area contributed by atoms with Crippen LogP contribution in [-0.4, -0.2) is 14.7 Å². The average Bonchev–Trinajstić information content (AvgIpc) is 2.77. The Balaban J connectivity index is 2.15. The maximum Gasteiger partial charge on any atom is 0.201 e. The third-order valence-electron chi connectivity index (χ3n) is 4.80. The van der Waals surface area contributed by atoms with Gasteiger partial charge in [0.15, 0.2) is 9.84 Å². The molecule has 1 aromatic heterocycles. The van der Waals surface area contributed by atoms with E-state index in [1.807, 2.05) is 0 Å². The van der Waals surface area contributed by atoms with Crippen LogP contribution in [0.25, 0.3) is 33.4 Å². The van der Waals surface area contributed by atoms with Crippen molar-refractivity contribution in [3.8, 4) is 22.5 Å². The number of hydrogen-bond donors (Lipinski definition) is 0. The Morgan fingerprint density at radius 2 is 1.25 bits per heavy atom. The molecule has 0 spiro atoms. The van der Waals surface area contributed by atoms with Crippen molar-refractivity contribution < 1.29 is 12.8 Å². The SMILES string of the molecule is CS(=O)(=O)c1ccc(-c2oc3ccccc3c(=O)c2-c2c(Cl)c(Cl)c(Cl)c(Cl)c2Cl)cc1. The summed E-state index contributed by atoms with van der Waals surface area (Å²) < 4.78 is 29.8. The van der Waals surface area contributed by atoms with Crippen molar-refractivity contribution in [3.63, 3.8) is 0 Å². The summed E-state index contributed by atoms with van der Waals surface area (Å²) >= 11 is 31.5. The number of para-hydroxylation sites is 1. The van der Waals surface area contributed by atoms with Crippen LogP contribution in [0, 0.1) is 0 Å². The molecule has 0 aliphatic rings. The average molecular weight is 549 g/mol. The van der Waals surface area contributed by atoms with Crippen LogP contribution in [0.4, 0.5) is 0 Å². The normalized spacial score (nSPS) is 11.8. The molecular weight excluding hydrogens is 538 g/mol. The molecule has 4 aromatic rings. The second-order valence-electron chi connectivity index (χ2n) is 6.87. The predicted octanol–water partition coefficient (Wildman–Crippen LogP) is 7.80. The van der Waals surface area contributed by atoms with Gasteiger partial charge in [0.2, 0.25) is 5.43 Å². The Bertz CT molecular complexity index is 1530. The van der Waals surface area contributed by atoms with E-state index in [2.05, 4.69) is 0 Å². The van der Waals surface area contributed by atoms with Crippen LogP contribution < -0.4 is 5.43 Å². The molecule has 0 aliphatic heterocycles. The Labute approximate surface area is 208 Å². The molecule has 0 radical (unpaired) electrons. The fraction of sp³-hybridized carbons (Fsp3) is 0.0455. The molecule has 0 amide bonds. The smallest absolute Gasteiger partial charge is 0.201 e. The summed E-state index contributed by atoms with van der Waals surface area (Å²) in [5.41, 5.74) is 0.402. The second kappa shape index (κ2) is 8.56. The Morgan fingerprint density at radius 3 is 1.81 bits per heavy atom. The lowest BCUT2D eigenvalue weighted by molar-refractivity contribution is 0.601. The van der Waals surface area contributed by atoms with Gasteiger partial charge < -0.3 is 4.42 Å². The van der Waals surface area contributed by atoms with Crippen molar-refractivity contribution in [3.05, 3.63) is 83.9 Å². The lowest BCUT2D eigenvalue weighted by Gasteiger charge is -2.16. The highest BCUT2D eigenvalue weighted by Gasteiger charge is 2.27. The van der Waals surface area contributed by atoms with Gasteiger partial charge in [-0.05, 0) is 36.4 Å². The molecule has 0 saturated heterocycles. The number of halogens is 5. The van der Waals surface area contributed by atoms with Gasteiger partial charge >= 0.3 is 0 Å². The Morgan fingerprint density at radius 1 is 0.719 bits per heavy atom. The minimum absolute atomic E-state index is 0.0197. The van der Waals surface area contributed by atoms with Crippen molar-refractivity contribution in [1.82, 2.24) is 0 Å². The van der Waals surface area contributed by atoms with E-state index < -0.39 is 15.3 Å². The van der Waals surface area contributed by atoms with Gasteiger partial charge in [-0.25, -0.2) is 8.42 Å². The molecule has 0 saturated carbocycles. The van der Waals surface area contributed by atoms with Crippen LogP contribution >= 0.6 is 58.0 Å². The second-order valence-corrected chi connectivity index (χ2v) is 10.8. The minimum atomic E-state index is -3.42. The molecule has 0 bridgehead atoms. The van der Waals surface area contributed by atoms with Crippen molar-refractivity contribution in [2.24, 2.45) is 0 Å². The number of sulfone groups is 1. The van der Waals surface area contributed by atoms with E-state index in [1.165, 1.54) is 24.3 Å². The van der Waals surface area contributed by atoms with E-state index in [0.717, 1.165) is 6.26 Å². The molecule has 164 valence electrons. The molecule has 4 rings (SSSR count). The lowest BCUT2D eigenvalue weighted by atomic mass is 9.98. The zero-order valence-electron chi connectivity index (χ0n) is 16.0. The van der Waals surface area contributed by atoms with Gasteiger partial charge in [-0.3, -0.25) is 4.79 Å². The molecule has 0 atom stereocenters. The van der Waals surface area contributed by atoms with Crippen LogP contribution in [-0.2, 0) is 9.84 Å². The van der Waals surface area contributed by atoms with Crippen LogP contribution in [0.1, 0.15) is 0 Å². The first-order chi connectivity index (χ1) is 15.0.